The van der Waals surface area contributed by atoms with Crippen LogP contribution in [0.2, 0.25) is 0 Å². The van der Waals surface area contributed by atoms with E-state index in [0.717, 1.165) is 0 Å². The molecular formula is C6H10O2S. The monoisotopic (exact) mass is 146 g/mol. The fraction of sp³-hybridized carbons (Fsp3) is 0.833. The maximum Gasteiger partial charge on any atom is 0.168 e. The average molecular weight is 146 g/mol. The highest BCUT2D eigenvalue weighted by Crippen LogP contribution is 2.28. The van der Waals surface area contributed by atoms with Gasteiger partial charge in [-0.3, -0.25) is 4.79 Å². The maximum absolute atomic E-state index is 10.6. The molecule has 3 heteroatoms. The number of carbonyl (C=O) groups is 1. The predicted molar refractivity (Wildman–Crippen MR) is 37.5 cm³/mol. The number of carbonyl (C=O) groups excluding carboxylic acids is 1. The Labute approximate surface area is 59.0 Å². The van der Waals surface area contributed by atoms with Gasteiger partial charge in [0, 0.05) is 0 Å². The van der Waals surface area contributed by atoms with Crippen LogP contribution in [0.3, 0.4) is 0 Å². The Morgan fingerprint density at radius 1 is 1.67 bits per heavy atom. The minimum Gasteiger partial charge on any atom is -0.357 e. The van der Waals surface area contributed by atoms with Crippen LogP contribution in [0.15, 0.2) is 0 Å². The first-order chi connectivity index (χ1) is 4.10. The van der Waals surface area contributed by atoms with Crippen molar-refractivity contribution in [2.45, 2.75) is 18.8 Å². The maximum atomic E-state index is 10.6. The largest absolute Gasteiger partial charge is 0.357 e. The first-order valence-electron chi connectivity index (χ1n) is 2.90. The van der Waals surface area contributed by atoms with Crippen LogP contribution in [0.25, 0.3) is 0 Å². The Kier molecular flexibility index (Phi) is 1.82. The molecule has 0 atom stereocenters. The van der Waals surface area contributed by atoms with Crippen LogP contribution in [-0.2, 0) is 9.53 Å². The smallest absolute Gasteiger partial charge is 0.168 e. The summed E-state index contributed by atoms with van der Waals surface area (Å²) in [6, 6.07) is 0. The zero-order chi connectivity index (χ0) is 6.91. The number of ether oxygens (including phenoxy) is 1. The highest BCUT2D eigenvalue weighted by atomic mass is 32.2. The summed E-state index contributed by atoms with van der Waals surface area (Å²) >= 11 is 1.56. The molecular weight excluding hydrogens is 136 g/mol. The molecule has 0 spiro atoms. The van der Waals surface area contributed by atoms with Crippen molar-refractivity contribution in [3.8, 4) is 0 Å². The van der Waals surface area contributed by atoms with Crippen LogP contribution < -0.4 is 0 Å². The number of hydrogen-bond donors (Lipinski definition) is 0. The van der Waals surface area contributed by atoms with E-state index in [4.69, 9.17) is 4.74 Å². The van der Waals surface area contributed by atoms with Crippen molar-refractivity contribution in [3.05, 3.63) is 0 Å². The molecule has 0 unspecified atom stereocenters. The summed E-state index contributed by atoms with van der Waals surface area (Å²) in [5, 5.41) is 0. The molecule has 0 bridgehead atoms. The summed E-state index contributed by atoms with van der Waals surface area (Å²) in [7, 11) is 0. The first-order valence-corrected chi connectivity index (χ1v) is 3.88. The van der Waals surface area contributed by atoms with Crippen molar-refractivity contribution in [2.75, 3.05) is 12.4 Å². The Bertz CT molecular complexity index is 119. The molecule has 1 saturated heterocycles. The van der Waals surface area contributed by atoms with Crippen LogP contribution in [0.5, 0.6) is 0 Å². The second kappa shape index (κ2) is 2.31. The van der Waals surface area contributed by atoms with Crippen LogP contribution in [0, 0.1) is 0 Å². The zero-order valence-electron chi connectivity index (χ0n) is 5.64. The first kappa shape index (κ1) is 7.09. The Morgan fingerprint density at radius 2 is 2.33 bits per heavy atom. The van der Waals surface area contributed by atoms with Gasteiger partial charge in [0.15, 0.2) is 5.78 Å². The van der Waals surface area contributed by atoms with Crippen LogP contribution >= 0.6 is 11.8 Å². The topological polar surface area (TPSA) is 26.3 Å². The molecule has 0 N–H and O–H groups in total. The molecule has 52 valence electrons. The molecule has 1 fully saturated rings. The van der Waals surface area contributed by atoms with Crippen LogP contribution in [0.1, 0.15) is 13.8 Å². The quantitative estimate of drug-likeness (QED) is 0.511. The third kappa shape index (κ3) is 1.99. The lowest BCUT2D eigenvalue weighted by Crippen LogP contribution is -2.31. The minimum absolute atomic E-state index is 0.145. The van der Waals surface area contributed by atoms with Crippen molar-refractivity contribution in [1.29, 1.82) is 0 Å². The summed E-state index contributed by atoms with van der Waals surface area (Å²) in [6.07, 6.45) is 0. The van der Waals surface area contributed by atoms with Crippen LogP contribution in [-0.4, -0.2) is 23.1 Å². The van der Waals surface area contributed by atoms with Gasteiger partial charge in [-0.15, -0.1) is 11.8 Å². The van der Waals surface area contributed by atoms with E-state index in [9.17, 15) is 4.79 Å². The molecule has 0 aromatic carbocycles. The van der Waals surface area contributed by atoms with Crippen LogP contribution in [0.4, 0.5) is 0 Å². The molecule has 0 aliphatic carbocycles. The van der Waals surface area contributed by atoms with Crippen molar-refractivity contribution < 1.29 is 9.53 Å². The standard InChI is InChI=1S/C6H10O2S/c1-6(2)8-3-5(7)4-9-6/h3-4H2,1-2H3. The summed E-state index contributed by atoms with van der Waals surface area (Å²) in [6.45, 7) is 4.24. The van der Waals surface area contributed by atoms with Crippen molar-refractivity contribution >= 4 is 17.5 Å². The summed E-state index contributed by atoms with van der Waals surface area (Å²) in [4.78, 5) is 10.5. The lowest BCUT2D eigenvalue weighted by Gasteiger charge is -2.27. The van der Waals surface area contributed by atoms with Gasteiger partial charge in [0.05, 0.1) is 5.75 Å². The average Bonchev–Trinajstić information content (AvgIpc) is 1.78. The SMILES string of the molecule is CC1(C)OCC(=O)CS1. The van der Waals surface area contributed by atoms with E-state index in [0.29, 0.717) is 12.4 Å². The van der Waals surface area contributed by atoms with Gasteiger partial charge in [0.25, 0.3) is 0 Å². The number of hydrogen-bond acceptors (Lipinski definition) is 3. The molecule has 1 rings (SSSR count). The number of Topliss-reactive ketones (excluding diaryl/α,β-unsaturated/α-hetero) is 1. The number of rotatable bonds is 0. The van der Waals surface area contributed by atoms with E-state index < -0.39 is 0 Å². The van der Waals surface area contributed by atoms with Crippen molar-refractivity contribution in [2.24, 2.45) is 0 Å². The molecule has 0 radical (unpaired) electrons. The molecule has 1 aliphatic heterocycles. The summed E-state index contributed by atoms with van der Waals surface area (Å²) in [5.41, 5.74) is 0. The molecule has 0 aromatic rings. The Balaban J connectivity index is 2.44. The Morgan fingerprint density at radius 3 is 2.67 bits per heavy atom. The summed E-state index contributed by atoms with van der Waals surface area (Å²) < 4.78 is 5.19. The lowest BCUT2D eigenvalue weighted by atomic mass is 10.4. The molecule has 0 aromatic heterocycles. The second-order valence-electron chi connectivity index (χ2n) is 2.52. The summed E-state index contributed by atoms with van der Waals surface area (Å²) in [5.74, 6) is 0.798. The highest BCUT2D eigenvalue weighted by molar-refractivity contribution is 8.01. The normalized spacial score (nSPS) is 26.2. The van der Waals surface area contributed by atoms with E-state index in [1.165, 1.54) is 0 Å². The molecule has 0 amide bonds. The molecule has 1 heterocycles. The highest BCUT2D eigenvalue weighted by Gasteiger charge is 2.26. The van der Waals surface area contributed by atoms with Gasteiger partial charge >= 0.3 is 0 Å². The van der Waals surface area contributed by atoms with Crippen molar-refractivity contribution in [3.63, 3.8) is 0 Å². The van der Waals surface area contributed by atoms with Gasteiger partial charge in [0.1, 0.15) is 11.5 Å². The van der Waals surface area contributed by atoms with E-state index >= 15 is 0 Å². The van der Waals surface area contributed by atoms with Gasteiger partial charge in [0.2, 0.25) is 0 Å². The van der Waals surface area contributed by atoms with Gasteiger partial charge in [-0.1, -0.05) is 0 Å². The molecule has 1 aliphatic rings. The number of ketones is 1. The third-order valence-electron chi connectivity index (χ3n) is 1.16. The predicted octanol–water partition coefficient (Wildman–Crippen LogP) is 1.06. The van der Waals surface area contributed by atoms with E-state index in [-0.39, 0.29) is 10.7 Å². The molecule has 9 heavy (non-hydrogen) atoms. The zero-order valence-corrected chi connectivity index (χ0v) is 6.46. The fourth-order valence-electron chi connectivity index (χ4n) is 0.592. The fourth-order valence-corrected chi connectivity index (χ4v) is 1.33. The minimum atomic E-state index is -0.145. The van der Waals surface area contributed by atoms with E-state index in [1.54, 1.807) is 11.8 Å². The van der Waals surface area contributed by atoms with E-state index in [1.807, 2.05) is 13.8 Å². The number of thioether (sulfide) groups is 1. The molecule has 0 saturated carbocycles. The van der Waals surface area contributed by atoms with Crippen molar-refractivity contribution in [1.82, 2.24) is 0 Å². The third-order valence-corrected chi connectivity index (χ3v) is 2.44. The van der Waals surface area contributed by atoms with Gasteiger partial charge < -0.3 is 4.74 Å². The van der Waals surface area contributed by atoms with Gasteiger partial charge in [-0.05, 0) is 13.8 Å². The molecule has 2 nitrogen and oxygen atoms in total. The second-order valence-corrected chi connectivity index (χ2v) is 4.08. The lowest BCUT2D eigenvalue weighted by molar-refractivity contribution is -0.124. The van der Waals surface area contributed by atoms with Gasteiger partial charge in [-0.2, -0.15) is 0 Å². The van der Waals surface area contributed by atoms with E-state index in [2.05, 4.69) is 0 Å². The Hall–Kier alpha value is -0.0200. The van der Waals surface area contributed by atoms with Gasteiger partial charge in [-0.25, -0.2) is 0 Å².